The van der Waals surface area contributed by atoms with Gasteiger partial charge in [-0.05, 0) is 129 Å². The van der Waals surface area contributed by atoms with Gasteiger partial charge in [-0.1, -0.05) is 176 Å². The summed E-state index contributed by atoms with van der Waals surface area (Å²) in [6.07, 6.45) is 0. The van der Waals surface area contributed by atoms with Crippen LogP contribution >= 0.6 is 11.3 Å². The number of anilines is 3. The Morgan fingerprint density at radius 3 is 1.48 bits per heavy atom. The van der Waals surface area contributed by atoms with Crippen molar-refractivity contribution in [2.24, 2.45) is 0 Å². The van der Waals surface area contributed by atoms with Crippen LogP contribution in [0.3, 0.4) is 0 Å². The van der Waals surface area contributed by atoms with E-state index in [-0.39, 0.29) is 0 Å². The quantitative estimate of drug-likeness (QED) is 0.148. The van der Waals surface area contributed by atoms with Crippen LogP contribution in [-0.4, -0.2) is 4.57 Å². The summed E-state index contributed by atoms with van der Waals surface area (Å²) in [5, 5.41) is 7.55. The molecule has 0 amide bonds. The highest BCUT2D eigenvalue weighted by Crippen LogP contribution is 2.46. The topological polar surface area (TPSA) is 8.17 Å². The number of para-hydroxylation sites is 1. The summed E-state index contributed by atoms with van der Waals surface area (Å²) in [4.78, 5) is 2.44. The van der Waals surface area contributed by atoms with Crippen molar-refractivity contribution in [1.29, 1.82) is 0 Å². The van der Waals surface area contributed by atoms with Gasteiger partial charge in [0.2, 0.25) is 0 Å². The number of benzene rings is 11. The lowest BCUT2D eigenvalue weighted by molar-refractivity contribution is 1.19. The lowest BCUT2D eigenvalue weighted by atomic mass is 9.93. The lowest BCUT2D eigenvalue weighted by Gasteiger charge is -2.27. The third-order valence-corrected chi connectivity index (χ3v) is 14.5. The van der Waals surface area contributed by atoms with Crippen LogP contribution in [-0.2, 0) is 0 Å². The van der Waals surface area contributed by atoms with Crippen LogP contribution in [0.2, 0.25) is 0 Å². The summed E-state index contributed by atoms with van der Waals surface area (Å²) in [5.74, 6) is 0. The second-order valence-corrected chi connectivity index (χ2v) is 18.4. The zero-order valence-corrected chi connectivity index (χ0v) is 37.4. The minimum atomic E-state index is 1.10. The molecule has 11 aromatic carbocycles. The van der Waals surface area contributed by atoms with Gasteiger partial charge in [0.1, 0.15) is 0 Å². The molecule has 67 heavy (non-hydrogen) atoms. The third-order valence-electron chi connectivity index (χ3n) is 13.4. The Morgan fingerprint density at radius 2 is 0.821 bits per heavy atom. The first-order valence-electron chi connectivity index (χ1n) is 22.9. The van der Waals surface area contributed by atoms with Crippen molar-refractivity contribution in [3.8, 4) is 50.2 Å². The maximum absolute atomic E-state index is 2.45. The van der Waals surface area contributed by atoms with Gasteiger partial charge in [0, 0.05) is 53.4 Å². The van der Waals surface area contributed by atoms with Crippen LogP contribution < -0.4 is 4.90 Å². The fourth-order valence-corrected chi connectivity index (χ4v) is 11.3. The van der Waals surface area contributed by atoms with Crippen LogP contribution in [0.15, 0.2) is 255 Å². The summed E-state index contributed by atoms with van der Waals surface area (Å²) in [5.41, 5.74) is 16.5. The molecule has 13 rings (SSSR count). The van der Waals surface area contributed by atoms with Gasteiger partial charge >= 0.3 is 0 Å². The number of hydrogen-bond donors (Lipinski definition) is 0. The Balaban J connectivity index is 0.939. The van der Waals surface area contributed by atoms with Gasteiger partial charge in [-0.3, -0.25) is 0 Å². The van der Waals surface area contributed by atoms with E-state index in [9.17, 15) is 0 Å². The van der Waals surface area contributed by atoms with Crippen molar-refractivity contribution in [2.45, 2.75) is 0 Å². The zero-order chi connectivity index (χ0) is 44.3. The Bertz CT molecular complexity index is 3890. The van der Waals surface area contributed by atoms with Gasteiger partial charge in [0.25, 0.3) is 0 Å². The van der Waals surface area contributed by atoms with Crippen LogP contribution in [0.25, 0.3) is 103 Å². The van der Waals surface area contributed by atoms with E-state index >= 15 is 0 Å². The molecule has 0 radical (unpaired) electrons. The number of rotatable bonds is 8. The monoisotopic (exact) mass is 870 g/mol. The number of thiophene rings is 1. The average molecular weight is 871 g/mol. The lowest BCUT2D eigenvalue weighted by Crippen LogP contribution is -2.10. The molecule has 0 aliphatic heterocycles. The molecule has 0 N–H and O–H groups in total. The van der Waals surface area contributed by atoms with Crippen LogP contribution in [0, 0.1) is 0 Å². The van der Waals surface area contributed by atoms with Gasteiger partial charge in [-0.25, -0.2) is 0 Å². The van der Waals surface area contributed by atoms with Crippen LogP contribution in [0.5, 0.6) is 0 Å². The predicted molar refractivity (Wildman–Crippen MR) is 288 cm³/mol. The highest BCUT2D eigenvalue weighted by molar-refractivity contribution is 7.26. The summed E-state index contributed by atoms with van der Waals surface area (Å²) in [6.45, 7) is 0. The maximum Gasteiger partial charge on any atom is 0.0619 e. The van der Waals surface area contributed by atoms with E-state index in [1.54, 1.807) is 0 Å². The molecular formula is C64H42N2S. The summed E-state index contributed by atoms with van der Waals surface area (Å²) in [6, 6.07) is 93.2. The van der Waals surface area contributed by atoms with Gasteiger partial charge in [-0.2, -0.15) is 0 Å². The van der Waals surface area contributed by atoms with E-state index in [0.717, 1.165) is 22.7 Å². The molecule has 0 saturated heterocycles. The van der Waals surface area contributed by atoms with E-state index in [4.69, 9.17) is 0 Å². The molecule has 0 fully saturated rings. The molecule has 2 nitrogen and oxygen atoms in total. The number of aromatic nitrogens is 1. The molecule has 13 aromatic rings. The summed E-state index contributed by atoms with van der Waals surface area (Å²) in [7, 11) is 0. The normalized spacial score (nSPS) is 11.6. The van der Waals surface area contributed by atoms with E-state index < -0.39 is 0 Å². The molecule has 0 aliphatic carbocycles. The summed E-state index contributed by atoms with van der Waals surface area (Å²) < 4.78 is 5.01. The van der Waals surface area contributed by atoms with E-state index in [1.165, 1.54) is 97.3 Å². The molecule has 3 heteroatoms. The standard InChI is InChI=1S/C64H42N2S/c1-4-15-43(16-5-1)49-39-50(44-17-6-2-7-18-44)41-51(40-49)46-29-35-54(36-30-46)65(59-24-14-26-62-63(59)58-23-12-13-25-61(58)67-62)53-33-27-45(28-34-53)48-32-37-56-57-38-31-47-19-10-11-22-55(47)64(57)66(60(56)42-48)52-20-8-3-9-21-52/h1-42H. The molecular weight excluding hydrogens is 829 g/mol. The van der Waals surface area contributed by atoms with Crippen molar-refractivity contribution in [3.05, 3.63) is 255 Å². The fourth-order valence-electron chi connectivity index (χ4n) is 10.2. The van der Waals surface area contributed by atoms with E-state index in [0.29, 0.717) is 0 Å². The highest BCUT2D eigenvalue weighted by atomic mass is 32.1. The summed E-state index contributed by atoms with van der Waals surface area (Å²) >= 11 is 1.86. The van der Waals surface area contributed by atoms with E-state index in [2.05, 4.69) is 264 Å². The van der Waals surface area contributed by atoms with Gasteiger partial charge in [0.05, 0.1) is 16.7 Å². The Hall–Kier alpha value is -8.50. The SMILES string of the molecule is c1ccc(-c2cc(-c3ccccc3)cc(-c3ccc(N(c4ccc(-c5ccc6c7ccc8ccccc8c7n(-c7ccccc7)c6c5)cc4)c4cccc5sc6ccccc6c45)cc3)c2)cc1. The first kappa shape index (κ1) is 38.9. The maximum atomic E-state index is 2.45. The Labute approximate surface area is 393 Å². The highest BCUT2D eigenvalue weighted by Gasteiger charge is 2.20. The molecule has 0 aliphatic rings. The van der Waals surface area contributed by atoms with Crippen LogP contribution in [0.4, 0.5) is 17.1 Å². The van der Waals surface area contributed by atoms with Gasteiger partial charge in [0.15, 0.2) is 0 Å². The van der Waals surface area contributed by atoms with Crippen molar-refractivity contribution < 1.29 is 0 Å². The third kappa shape index (κ3) is 6.79. The van der Waals surface area contributed by atoms with Crippen molar-refractivity contribution in [2.75, 3.05) is 4.90 Å². The van der Waals surface area contributed by atoms with Crippen molar-refractivity contribution in [3.63, 3.8) is 0 Å². The average Bonchev–Trinajstić information content (AvgIpc) is 3.96. The Kier molecular flexibility index (Phi) is 9.40. The molecule has 0 bridgehead atoms. The molecule has 0 atom stereocenters. The second-order valence-electron chi connectivity index (χ2n) is 17.3. The smallest absolute Gasteiger partial charge is 0.0619 e. The van der Waals surface area contributed by atoms with Crippen LogP contribution in [0.1, 0.15) is 0 Å². The largest absolute Gasteiger partial charge is 0.310 e. The molecule has 0 unspecified atom stereocenters. The zero-order valence-electron chi connectivity index (χ0n) is 36.6. The number of fused-ring (bicyclic) bond motifs is 8. The Morgan fingerprint density at radius 1 is 0.313 bits per heavy atom. The van der Waals surface area contributed by atoms with Gasteiger partial charge < -0.3 is 9.47 Å². The molecule has 0 spiro atoms. The molecule has 0 saturated carbocycles. The van der Waals surface area contributed by atoms with Crippen molar-refractivity contribution in [1.82, 2.24) is 4.57 Å². The minimum Gasteiger partial charge on any atom is -0.310 e. The number of nitrogens with zero attached hydrogens (tertiary/aromatic N) is 2. The van der Waals surface area contributed by atoms with E-state index in [1.807, 2.05) is 11.3 Å². The van der Waals surface area contributed by atoms with Crippen molar-refractivity contribution >= 4 is 81.1 Å². The fraction of sp³-hybridized carbons (Fsp3) is 0. The second kappa shape index (κ2) is 16.2. The van der Waals surface area contributed by atoms with Gasteiger partial charge in [-0.15, -0.1) is 11.3 Å². The predicted octanol–water partition coefficient (Wildman–Crippen LogP) is 18.4. The first-order chi connectivity index (χ1) is 33.2. The number of hydrogen-bond acceptors (Lipinski definition) is 2. The molecule has 2 heterocycles. The minimum absolute atomic E-state index is 1.10. The molecule has 314 valence electrons. The first-order valence-corrected chi connectivity index (χ1v) is 23.7. The molecule has 2 aromatic heterocycles.